The molecule has 0 aromatic carbocycles. The molecule has 7 rings (SSSR count). The Morgan fingerprint density at radius 3 is 1.19 bits per heavy atom. The van der Waals surface area contributed by atoms with Crippen LogP contribution in [-0.4, -0.2) is 73.6 Å². The molecule has 7 atom stereocenters. The number of piperidine rings is 3. The van der Waals surface area contributed by atoms with Crippen LogP contribution in [0.4, 0.5) is 0 Å². The maximum atomic E-state index is 2.68. The summed E-state index contributed by atoms with van der Waals surface area (Å²) in [5, 5.41) is 0. The topological polar surface area (TPSA) is 9.72 Å². The third kappa shape index (κ3) is 12.3. The first-order valence-electron chi connectivity index (χ1n) is 18.9. The zero-order valence-corrected chi connectivity index (χ0v) is 31.9. The van der Waals surface area contributed by atoms with Gasteiger partial charge in [-0.05, 0) is 116 Å². The van der Waals surface area contributed by atoms with Gasteiger partial charge >= 0.3 is 0 Å². The lowest BCUT2D eigenvalue weighted by Gasteiger charge is -2.38. The zero-order valence-electron chi connectivity index (χ0n) is 31.9. The van der Waals surface area contributed by atoms with E-state index in [0.717, 1.165) is 35.5 Å². The van der Waals surface area contributed by atoms with Gasteiger partial charge in [0.2, 0.25) is 0 Å². The van der Waals surface area contributed by atoms with Gasteiger partial charge in [-0.25, -0.2) is 0 Å². The molecule has 0 aliphatic carbocycles. The van der Waals surface area contributed by atoms with Crippen molar-refractivity contribution in [3.05, 3.63) is 0 Å². The van der Waals surface area contributed by atoms with Crippen LogP contribution < -0.4 is 0 Å². The summed E-state index contributed by atoms with van der Waals surface area (Å²) in [6, 6.07) is 0. The Balaban J connectivity index is 0.000000289. The van der Waals surface area contributed by atoms with Crippen LogP contribution in [0.3, 0.4) is 0 Å². The van der Waals surface area contributed by atoms with Crippen LogP contribution in [0.15, 0.2) is 0 Å². The van der Waals surface area contributed by atoms with Gasteiger partial charge in [-0.15, -0.1) is 0 Å². The van der Waals surface area contributed by atoms with Crippen LogP contribution in [0.5, 0.6) is 0 Å². The molecule has 7 aliphatic rings. The van der Waals surface area contributed by atoms with E-state index in [0.29, 0.717) is 16.2 Å². The van der Waals surface area contributed by atoms with E-state index in [-0.39, 0.29) is 0 Å². The Kier molecular flexibility index (Phi) is 17.2. The van der Waals surface area contributed by atoms with Gasteiger partial charge in [0.05, 0.1) is 0 Å². The maximum Gasteiger partial charge on any atom is 0.00179 e. The predicted molar refractivity (Wildman–Crippen MR) is 190 cm³/mol. The number of nitrogens with zero attached hydrogens (tertiary/aromatic N) is 3. The van der Waals surface area contributed by atoms with Gasteiger partial charge < -0.3 is 14.7 Å². The monoisotopic (exact) mass is 592 g/mol. The second-order valence-corrected chi connectivity index (χ2v) is 17.0. The second-order valence-electron chi connectivity index (χ2n) is 17.0. The molecule has 0 N–H and O–H groups in total. The van der Waals surface area contributed by atoms with Crippen molar-refractivity contribution in [2.45, 2.75) is 142 Å². The molecule has 0 aromatic rings. The minimum Gasteiger partial charge on any atom is -0.303 e. The lowest BCUT2D eigenvalue weighted by Crippen LogP contribution is -2.39. The first-order valence-corrected chi connectivity index (χ1v) is 18.9. The van der Waals surface area contributed by atoms with Gasteiger partial charge in [-0.2, -0.15) is 0 Å². The smallest absolute Gasteiger partial charge is 0.00179 e. The lowest BCUT2D eigenvalue weighted by atomic mass is 9.73. The van der Waals surface area contributed by atoms with Gasteiger partial charge in [0, 0.05) is 32.7 Å². The molecule has 42 heavy (non-hydrogen) atoms. The molecule has 7 fully saturated rings. The Morgan fingerprint density at radius 2 is 0.810 bits per heavy atom. The van der Waals surface area contributed by atoms with Crippen LogP contribution in [0, 0.1) is 51.8 Å². The SMILES string of the molecule is CC.CC.CC.CC(C)(C)C1CC2CCN(C2)C1.CC(C)(C)C1CC2CCN(CC2)C1.CC(C)(C)C1CN2CCC1C2. The molecule has 7 aliphatic heterocycles. The Hall–Kier alpha value is -0.120. The Morgan fingerprint density at radius 1 is 0.405 bits per heavy atom. The summed E-state index contributed by atoms with van der Waals surface area (Å²) in [6.45, 7) is 45.9. The second kappa shape index (κ2) is 18.1. The summed E-state index contributed by atoms with van der Waals surface area (Å²) in [4.78, 5) is 7.96. The highest BCUT2D eigenvalue weighted by atomic mass is 15.2. The average molecular weight is 592 g/mol. The van der Waals surface area contributed by atoms with E-state index in [4.69, 9.17) is 0 Å². The van der Waals surface area contributed by atoms with E-state index in [2.05, 4.69) is 77.0 Å². The highest BCUT2D eigenvalue weighted by Crippen LogP contribution is 2.43. The van der Waals surface area contributed by atoms with Crippen LogP contribution in [0.2, 0.25) is 0 Å². The molecule has 3 heteroatoms. The molecule has 0 saturated carbocycles. The molecule has 7 unspecified atom stereocenters. The minimum atomic E-state index is 0.519. The van der Waals surface area contributed by atoms with E-state index >= 15 is 0 Å². The van der Waals surface area contributed by atoms with Crippen molar-refractivity contribution in [2.75, 3.05) is 58.9 Å². The molecule has 7 saturated heterocycles. The normalized spacial score (nSPS) is 36.2. The molecule has 0 radical (unpaired) electrons. The Bertz CT molecular complexity index is 662. The molecule has 6 bridgehead atoms. The van der Waals surface area contributed by atoms with Crippen LogP contribution in [0.1, 0.15) is 142 Å². The van der Waals surface area contributed by atoms with Crippen molar-refractivity contribution in [2.24, 2.45) is 51.8 Å². The summed E-state index contributed by atoms with van der Waals surface area (Å²) >= 11 is 0. The molecule has 3 nitrogen and oxygen atoms in total. The summed E-state index contributed by atoms with van der Waals surface area (Å²) in [5.41, 5.74) is 1.59. The van der Waals surface area contributed by atoms with Crippen LogP contribution in [0.25, 0.3) is 0 Å². The van der Waals surface area contributed by atoms with Crippen molar-refractivity contribution >= 4 is 0 Å². The molecule has 0 spiro atoms. The van der Waals surface area contributed by atoms with Gasteiger partial charge in [-0.1, -0.05) is 104 Å². The number of hydrogen-bond donors (Lipinski definition) is 0. The van der Waals surface area contributed by atoms with E-state index < -0.39 is 0 Å². The maximum absolute atomic E-state index is 2.68. The van der Waals surface area contributed by atoms with Crippen molar-refractivity contribution in [3.63, 3.8) is 0 Å². The molecular weight excluding hydrogens is 510 g/mol. The van der Waals surface area contributed by atoms with Gasteiger partial charge in [0.15, 0.2) is 0 Å². The standard InChI is InChI=1S/C12H23N.C11H21N.C10H19N.3C2H6/c1-12(2,3)11-8-10-4-6-13(9-11)7-5-10;1-11(2,3)10-6-9-4-5-12(7-9)8-10;1-10(2,3)9-7-11-5-4-8(9)6-11;3*1-2/h10-11H,4-9H2,1-3H3;9-10H,4-8H2,1-3H3;8-9H,4-7H2,1-3H3;3*1-2H3. The fourth-order valence-electron chi connectivity index (χ4n) is 8.27. The van der Waals surface area contributed by atoms with Crippen molar-refractivity contribution in [1.29, 1.82) is 0 Å². The van der Waals surface area contributed by atoms with Gasteiger partial charge in [0.1, 0.15) is 0 Å². The predicted octanol–water partition coefficient (Wildman–Crippen LogP) is 10.2. The minimum absolute atomic E-state index is 0.519. The third-order valence-corrected chi connectivity index (χ3v) is 11.2. The first-order chi connectivity index (χ1) is 19.7. The average Bonchev–Trinajstić information content (AvgIpc) is 3.59. The molecular formula is C39H81N3. The van der Waals surface area contributed by atoms with Gasteiger partial charge in [0.25, 0.3) is 0 Å². The molecule has 252 valence electrons. The quantitative estimate of drug-likeness (QED) is 0.277. The summed E-state index contributed by atoms with van der Waals surface area (Å²) in [6.07, 6.45) is 8.83. The van der Waals surface area contributed by atoms with Crippen molar-refractivity contribution in [1.82, 2.24) is 14.7 Å². The van der Waals surface area contributed by atoms with E-state index in [1.807, 2.05) is 41.5 Å². The first kappa shape index (κ1) is 39.9. The highest BCUT2D eigenvalue weighted by Gasteiger charge is 2.43. The summed E-state index contributed by atoms with van der Waals surface area (Å²) < 4.78 is 0. The largest absolute Gasteiger partial charge is 0.303 e. The summed E-state index contributed by atoms with van der Waals surface area (Å²) in [7, 11) is 0. The fraction of sp³-hybridized carbons (Fsp3) is 1.00. The summed E-state index contributed by atoms with van der Waals surface area (Å²) in [5.74, 6) is 5.94. The number of hydrogen-bond acceptors (Lipinski definition) is 3. The fourth-order valence-corrected chi connectivity index (χ4v) is 8.27. The molecule has 0 amide bonds. The number of rotatable bonds is 0. The number of fused-ring (bicyclic) bond motifs is 8. The van der Waals surface area contributed by atoms with Crippen molar-refractivity contribution < 1.29 is 0 Å². The van der Waals surface area contributed by atoms with Gasteiger partial charge in [-0.3, -0.25) is 0 Å². The van der Waals surface area contributed by atoms with Crippen molar-refractivity contribution in [3.8, 4) is 0 Å². The van der Waals surface area contributed by atoms with Crippen LogP contribution >= 0.6 is 0 Å². The molecule has 0 aromatic heterocycles. The third-order valence-electron chi connectivity index (χ3n) is 11.2. The van der Waals surface area contributed by atoms with E-state index in [1.165, 1.54) is 97.4 Å². The molecule has 7 heterocycles. The van der Waals surface area contributed by atoms with E-state index in [1.54, 1.807) is 0 Å². The Labute approximate surface area is 267 Å². The van der Waals surface area contributed by atoms with E-state index in [9.17, 15) is 0 Å². The highest BCUT2D eigenvalue weighted by molar-refractivity contribution is 4.95. The zero-order chi connectivity index (χ0) is 32.3. The lowest BCUT2D eigenvalue weighted by molar-refractivity contribution is 0.111. The van der Waals surface area contributed by atoms with Crippen LogP contribution in [-0.2, 0) is 0 Å².